The Labute approximate surface area is 225 Å². The number of nitrogens with one attached hydrogen (secondary N) is 1. The summed E-state index contributed by atoms with van der Waals surface area (Å²) >= 11 is 2.12. The molecule has 39 heavy (non-hydrogen) atoms. The second-order valence-corrected chi connectivity index (χ2v) is 11.4. The molecule has 0 atom stereocenters. The molecule has 14 heteroatoms. The van der Waals surface area contributed by atoms with Gasteiger partial charge in [-0.15, -0.1) is 22.7 Å². The van der Waals surface area contributed by atoms with Crippen LogP contribution in [0.5, 0.6) is 0 Å². The normalized spacial score (nSPS) is 13.7. The van der Waals surface area contributed by atoms with Gasteiger partial charge in [-0.25, -0.2) is 32.0 Å². The van der Waals surface area contributed by atoms with Crippen molar-refractivity contribution in [2.24, 2.45) is 5.73 Å². The maximum Gasteiger partial charge on any atom is 0.280 e. The van der Waals surface area contributed by atoms with Gasteiger partial charge in [-0.2, -0.15) is 5.10 Å². The highest BCUT2D eigenvalue weighted by Crippen LogP contribution is 2.44. The third kappa shape index (κ3) is 4.52. The minimum Gasteiger partial charge on any atom is -0.365 e. The van der Waals surface area contributed by atoms with E-state index >= 15 is 0 Å². The first kappa shape index (κ1) is 25.4. The van der Waals surface area contributed by atoms with Crippen LogP contribution in [0.4, 0.5) is 23.2 Å². The zero-order chi connectivity index (χ0) is 27.6. The van der Waals surface area contributed by atoms with E-state index in [1.165, 1.54) is 29.5 Å². The van der Waals surface area contributed by atoms with E-state index in [4.69, 9.17) is 5.73 Å². The van der Waals surface area contributed by atoms with Crippen LogP contribution in [0.3, 0.4) is 0 Å². The molecule has 0 spiro atoms. The molecule has 1 fully saturated rings. The number of nitrogens with zero attached hydrogens (tertiary/aromatic N) is 4. The molecule has 3 N–H and O–H groups in total. The number of carbonyl (C=O) groups excluding carboxylic acids is 2. The Morgan fingerprint density at radius 1 is 1.08 bits per heavy atom. The molecule has 0 saturated heterocycles. The van der Waals surface area contributed by atoms with Gasteiger partial charge in [0.2, 0.25) is 0 Å². The van der Waals surface area contributed by atoms with E-state index in [2.05, 4.69) is 20.4 Å². The topological polar surface area (TPSA) is 115 Å². The number of amides is 2. The first-order chi connectivity index (χ1) is 18.6. The summed E-state index contributed by atoms with van der Waals surface area (Å²) in [6.45, 7) is 1.85. The highest BCUT2D eigenvalue weighted by molar-refractivity contribution is 7.21. The Hall–Kier alpha value is -3.91. The van der Waals surface area contributed by atoms with Crippen molar-refractivity contribution in [1.82, 2.24) is 19.6 Å². The summed E-state index contributed by atoms with van der Waals surface area (Å²) in [6.07, 6.45) is -4.02. The molecule has 0 radical (unpaired) electrons. The molecule has 5 aromatic heterocycles. The molecule has 1 aliphatic carbocycles. The monoisotopic (exact) mass is 574 g/mol. The lowest BCUT2D eigenvalue weighted by Gasteiger charge is -2.09. The molecule has 0 aliphatic heterocycles. The molecular weight excluding hydrogens is 556 g/mol. The van der Waals surface area contributed by atoms with Gasteiger partial charge in [0.05, 0.1) is 5.69 Å². The maximum absolute atomic E-state index is 13.8. The summed E-state index contributed by atoms with van der Waals surface area (Å²) in [6, 6.07) is 7.35. The van der Waals surface area contributed by atoms with Crippen molar-refractivity contribution >= 4 is 56.0 Å². The fourth-order valence-electron chi connectivity index (χ4n) is 4.35. The van der Waals surface area contributed by atoms with Gasteiger partial charge in [-0.3, -0.25) is 9.59 Å². The fraction of sp³-hybridized carbons (Fsp3) is 0.240. The summed E-state index contributed by atoms with van der Waals surface area (Å²) in [5.41, 5.74) is 5.41. The lowest BCUT2D eigenvalue weighted by Crippen LogP contribution is -2.17. The summed E-state index contributed by atoms with van der Waals surface area (Å²) in [5.74, 6) is -1.62. The molecule has 6 rings (SSSR count). The van der Waals surface area contributed by atoms with Crippen molar-refractivity contribution in [2.45, 2.75) is 38.5 Å². The fourth-order valence-corrected chi connectivity index (χ4v) is 6.25. The van der Waals surface area contributed by atoms with Crippen molar-refractivity contribution in [1.29, 1.82) is 0 Å². The summed E-state index contributed by atoms with van der Waals surface area (Å²) in [5, 5.41) is 6.92. The number of halogens is 4. The first-order valence-electron chi connectivity index (χ1n) is 11.7. The molecule has 0 aromatic carbocycles. The van der Waals surface area contributed by atoms with Gasteiger partial charge in [0.25, 0.3) is 24.7 Å². The number of alkyl halides is 4. The molecule has 8 nitrogen and oxygen atoms in total. The van der Waals surface area contributed by atoms with Crippen molar-refractivity contribution < 1.29 is 27.2 Å². The Bertz CT molecular complexity index is 1790. The number of thiophene rings is 2. The smallest absolute Gasteiger partial charge is 0.280 e. The van der Waals surface area contributed by atoms with Gasteiger partial charge >= 0.3 is 0 Å². The number of aryl methyl sites for hydroxylation is 1. The van der Waals surface area contributed by atoms with Crippen LogP contribution in [0.15, 0.2) is 30.3 Å². The number of carbonyl (C=O) groups is 2. The number of pyridine rings is 1. The van der Waals surface area contributed by atoms with Gasteiger partial charge in [0.15, 0.2) is 11.3 Å². The number of primary amides is 1. The minimum atomic E-state index is -2.87. The number of hydrogen-bond donors (Lipinski definition) is 2. The second kappa shape index (κ2) is 9.38. The van der Waals surface area contributed by atoms with E-state index in [1.807, 2.05) is 13.0 Å². The lowest BCUT2D eigenvalue weighted by molar-refractivity contribution is 0.100. The van der Waals surface area contributed by atoms with E-state index in [1.54, 1.807) is 6.07 Å². The molecule has 2 amide bonds. The largest absolute Gasteiger partial charge is 0.365 e. The Morgan fingerprint density at radius 2 is 1.85 bits per heavy atom. The zero-order valence-electron chi connectivity index (χ0n) is 20.0. The van der Waals surface area contributed by atoms with Crippen LogP contribution in [0.25, 0.3) is 26.3 Å². The van der Waals surface area contributed by atoms with Gasteiger partial charge < -0.3 is 11.1 Å². The Balaban J connectivity index is 1.49. The van der Waals surface area contributed by atoms with E-state index in [-0.39, 0.29) is 43.7 Å². The van der Waals surface area contributed by atoms with Gasteiger partial charge in [0.1, 0.15) is 21.1 Å². The molecule has 5 heterocycles. The summed E-state index contributed by atoms with van der Waals surface area (Å²) in [4.78, 5) is 35.6. The van der Waals surface area contributed by atoms with Crippen LogP contribution < -0.4 is 11.1 Å². The predicted octanol–water partition coefficient (Wildman–Crippen LogP) is 6.48. The van der Waals surface area contributed by atoms with Crippen molar-refractivity contribution in [2.75, 3.05) is 5.32 Å². The lowest BCUT2D eigenvalue weighted by atomic mass is 10.1. The van der Waals surface area contributed by atoms with Crippen LogP contribution >= 0.6 is 22.7 Å². The second-order valence-electron chi connectivity index (χ2n) is 9.09. The molecular formula is C25H18F4N6O2S2. The van der Waals surface area contributed by atoms with E-state index < -0.39 is 30.4 Å². The summed E-state index contributed by atoms with van der Waals surface area (Å²) < 4.78 is 55.9. The third-order valence-electron chi connectivity index (χ3n) is 6.30. The van der Waals surface area contributed by atoms with Crippen molar-refractivity contribution in [3.05, 3.63) is 62.9 Å². The third-order valence-corrected chi connectivity index (χ3v) is 8.43. The number of rotatable bonds is 7. The van der Waals surface area contributed by atoms with Gasteiger partial charge in [-0.1, -0.05) is 0 Å². The number of aromatic nitrogens is 4. The zero-order valence-corrected chi connectivity index (χ0v) is 21.7. The van der Waals surface area contributed by atoms with Gasteiger partial charge in [-0.05, 0) is 44.0 Å². The van der Waals surface area contributed by atoms with Gasteiger partial charge in [0, 0.05) is 38.4 Å². The molecule has 200 valence electrons. The predicted molar refractivity (Wildman–Crippen MR) is 139 cm³/mol. The minimum absolute atomic E-state index is 0.0142. The molecule has 0 bridgehead atoms. The van der Waals surface area contributed by atoms with Crippen LogP contribution in [0, 0.1) is 6.92 Å². The Kier molecular flexibility index (Phi) is 6.10. The summed E-state index contributed by atoms with van der Waals surface area (Å²) in [7, 11) is 0. The van der Waals surface area contributed by atoms with Crippen LogP contribution in [-0.2, 0) is 0 Å². The van der Waals surface area contributed by atoms with E-state index in [0.717, 1.165) is 33.6 Å². The Morgan fingerprint density at radius 3 is 2.46 bits per heavy atom. The molecule has 5 aromatic rings. The van der Waals surface area contributed by atoms with Crippen molar-refractivity contribution in [3.63, 3.8) is 0 Å². The number of hydrogen-bond acceptors (Lipinski definition) is 7. The van der Waals surface area contributed by atoms with E-state index in [0.29, 0.717) is 16.1 Å². The number of anilines is 1. The molecule has 1 saturated carbocycles. The average molecular weight is 575 g/mol. The van der Waals surface area contributed by atoms with Crippen LogP contribution in [-0.4, -0.2) is 31.4 Å². The van der Waals surface area contributed by atoms with Crippen molar-refractivity contribution in [3.8, 4) is 10.4 Å². The number of fused-ring (bicyclic) bond motifs is 2. The average Bonchev–Trinajstić information content (AvgIpc) is 3.33. The standard InChI is InChI=1S/C25H18F4N6O2S2/c1-9-2-5-16(38-9)11-6-13(21(26)27)32-25-18(11)19(20(39-25)23(30)36)33-24(37)14-8-17-31-12(10-3-4-10)7-15(22(28)29)35(17)34-14/h2,5-8,10,21-22H,3-4H2,1H3,(H2,30,36)(H,33,37). The quantitative estimate of drug-likeness (QED) is 0.216. The van der Waals surface area contributed by atoms with Crippen LogP contribution in [0.2, 0.25) is 0 Å². The van der Waals surface area contributed by atoms with E-state index in [9.17, 15) is 27.2 Å². The molecule has 1 aliphatic rings. The number of nitrogens with two attached hydrogens (primary N) is 1. The first-order valence-corrected chi connectivity index (χ1v) is 13.4. The highest BCUT2D eigenvalue weighted by Gasteiger charge is 2.30. The molecule has 0 unspecified atom stereocenters. The van der Waals surface area contributed by atoms with Crippen LogP contribution in [0.1, 0.15) is 73.7 Å². The SMILES string of the molecule is Cc1ccc(-c2cc(C(F)F)nc3sc(C(N)=O)c(NC(=O)c4cc5nc(C6CC6)cc(C(F)F)n5n4)c23)s1. The highest BCUT2D eigenvalue weighted by atomic mass is 32.1. The maximum atomic E-state index is 13.8.